The second-order valence-corrected chi connectivity index (χ2v) is 5.50. The maximum atomic E-state index is 6.04. The summed E-state index contributed by atoms with van der Waals surface area (Å²) in [5.41, 5.74) is 2.96. The standard InChI is InChI=1S/C16H16ClN3/c1-11(2)15-16(18-13-7-5-6-12(17)10-13)20-9-4-3-8-14(20)19-15/h3-11,18H,1-2H3. The van der Waals surface area contributed by atoms with E-state index in [1.807, 2.05) is 48.7 Å². The van der Waals surface area contributed by atoms with Gasteiger partial charge in [0.25, 0.3) is 0 Å². The Kier molecular flexibility index (Phi) is 3.36. The molecule has 20 heavy (non-hydrogen) atoms. The highest BCUT2D eigenvalue weighted by Crippen LogP contribution is 2.28. The zero-order valence-electron chi connectivity index (χ0n) is 11.5. The van der Waals surface area contributed by atoms with E-state index in [1.54, 1.807) is 0 Å². The molecule has 0 unspecified atom stereocenters. The van der Waals surface area contributed by atoms with Crippen molar-refractivity contribution in [1.29, 1.82) is 0 Å². The summed E-state index contributed by atoms with van der Waals surface area (Å²) in [5.74, 6) is 1.34. The van der Waals surface area contributed by atoms with Crippen molar-refractivity contribution in [3.8, 4) is 0 Å². The van der Waals surface area contributed by atoms with Crippen LogP contribution in [0.5, 0.6) is 0 Å². The highest BCUT2D eigenvalue weighted by Gasteiger charge is 2.14. The predicted octanol–water partition coefficient (Wildman–Crippen LogP) is 4.85. The third-order valence-corrected chi connectivity index (χ3v) is 3.43. The number of hydrogen-bond donors (Lipinski definition) is 1. The number of anilines is 2. The Morgan fingerprint density at radius 3 is 2.75 bits per heavy atom. The Morgan fingerprint density at radius 2 is 2.00 bits per heavy atom. The van der Waals surface area contributed by atoms with Crippen LogP contribution in [0.25, 0.3) is 5.65 Å². The number of fused-ring (bicyclic) bond motifs is 1. The molecule has 0 aliphatic carbocycles. The van der Waals surface area contributed by atoms with Crippen LogP contribution in [-0.2, 0) is 0 Å². The van der Waals surface area contributed by atoms with Gasteiger partial charge in [-0.1, -0.05) is 37.6 Å². The molecule has 4 heteroatoms. The van der Waals surface area contributed by atoms with E-state index in [9.17, 15) is 0 Å². The van der Waals surface area contributed by atoms with Gasteiger partial charge in [0, 0.05) is 16.9 Å². The van der Waals surface area contributed by atoms with E-state index in [2.05, 4.69) is 23.6 Å². The lowest BCUT2D eigenvalue weighted by molar-refractivity contribution is 0.837. The zero-order chi connectivity index (χ0) is 14.1. The summed E-state index contributed by atoms with van der Waals surface area (Å²) in [6.45, 7) is 4.29. The second kappa shape index (κ2) is 5.17. The van der Waals surface area contributed by atoms with Gasteiger partial charge in [0.1, 0.15) is 11.5 Å². The summed E-state index contributed by atoms with van der Waals surface area (Å²) in [6.07, 6.45) is 2.01. The van der Waals surface area contributed by atoms with Crippen molar-refractivity contribution in [3.63, 3.8) is 0 Å². The van der Waals surface area contributed by atoms with Crippen LogP contribution in [-0.4, -0.2) is 9.38 Å². The Balaban J connectivity index is 2.11. The van der Waals surface area contributed by atoms with Crippen LogP contribution >= 0.6 is 11.6 Å². The van der Waals surface area contributed by atoms with Crippen molar-refractivity contribution < 1.29 is 0 Å². The molecule has 0 amide bonds. The monoisotopic (exact) mass is 285 g/mol. The molecule has 1 N–H and O–H groups in total. The van der Waals surface area contributed by atoms with E-state index in [0.717, 1.165) is 27.9 Å². The van der Waals surface area contributed by atoms with Gasteiger partial charge >= 0.3 is 0 Å². The van der Waals surface area contributed by atoms with E-state index in [-0.39, 0.29) is 0 Å². The van der Waals surface area contributed by atoms with Gasteiger partial charge in [-0.15, -0.1) is 0 Å². The average Bonchev–Trinajstić information content (AvgIpc) is 2.78. The fourth-order valence-electron chi connectivity index (χ4n) is 2.24. The molecule has 1 aromatic carbocycles. The molecule has 2 aromatic heterocycles. The number of aromatic nitrogens is 2. The number of hydrogen-bond acceptors (Lipinski definition) is 2. The first-order valence-corrected chi connectivity index (χ1v) is 7.02. The van der Waals surface area contributed by atoms with Crippen molar-refractivity contribution in [3.05, 3.63) is 59.4 Å². The van der Waals surface area contributed by atoms with E-state index < -0.39 is 0 Å². The van der Waals surface area contributed by atoms with Crippen LogP contribution in [0.2, 0.25) is 5.02 Å². The van der Waals surface area contributed by atoms with E-state index in [1.165, 1.54) is 0 Å². The molecule has 0 bridgehead atoms. The highest BCUT2D eigenvalue weighted by atomic mass is 35.5. The molecule has 2 heterocycles. The number of pyridine rings is 1. The maximum absolute atomic E-state index is 6.04. The van der Waals surface area contributed by atoms with Crippen LogP contribution in [0.3, 0.4) is 0 Å². The molecule has 3 rings (SSSR count). The maximum Gasteiger partial charge on any atom is 0.138 e. The minimum atomic E-state index is 0.344. The molecular formula is C16H16ClN3. The summed E-state index contributed by atoms with van der Waals surface area (Å²) >= 11 is 6.04. The molecule has 0 saturated heterocycles. The van der Waals surface area contributed by atoms with Crippen LogP contribution in [0.15, 0.2) is 48.7 Å². The molecule has 0 radical (unpaired) electrons. The van der Waals surface area contributed by atoms with Gasteiger partial charge in [0.05, 0.1) is 5.69 Å². The lowest BCUT2D eigenvalue weighted by Crippen LogP contribution is -1.99. The smallest absolute Gasteiger partial charge is 0.138 e. The summed E-state index contributed by atoms with van der Waals surface area (Å²) in [5, 5.41) is 4.15. The van der Waals surface area contributed by atoms with Crippen LogP contribution < -0.4 is 5.32 Å². The number of rotatable bonds is 3. The largest absolute Gasteiger partial charge is 0.340 e. The normalized spacial score (nSPS) is 11.2. The molecule has 3 nitrogen and oxygen atoms in total. The number of nitrogens with zero attached hydrogens (tertiary/aromatic N) is 2. The molecule has 102 valence electrons. The van der Waals surface area contributed by atoms with Crippen molar-refractivity contribution >= 4 is 28.8 Å². The Morgan fingerprint density at radius 1 is 1.15 bits per heavy atom. The van der Waals surface area contributed by atoms with Crippen LogP contribution in [0, 0.1) is 0 Å². The van der Waals surface area contributed by atoms with Crippen molar-refractivity contribution in [1.82, 2.24) is 9.38 Å². The molecule has 3 aromatic rings. The van der Waals surface area contributed by atoms with E-state index >= 15 is 0 Å². The molecular weight excluding hydrogens is 270 g/mol. The highest BCUT2D eigenvalue weighted by molar-refractivity contribution is 6.30. The van der Waals surface area contributed by atoms with Gasteiger partial charge in [-0.2, -0.15) is 0 Å². The summed E-state index contributed by atoms with van der Waals surface area (Å²) in [4.78, 5) is 4.70. The topological polar surface area (TPSA) is 29.3 Å². The Hall–Kier alpha value is -2.00. The number of halogens is 1. The zero-order valence-corrected chi connectivity index (χ0v) is 12.2. The third-order valence-electron chi connectivity index (χ3n) is 3.19. The van der Waals surface area contributed by atoms with Crippen molar-refractivity contribution in [2.75, 3.05) is 5.32 Å². The molecule has 0 aliphatic heterocycles. The fourth-order valence-corrected chi connectivity index (χ4v) is 2.43. The second-order valence-electron chi connectivity index (χ2n) is 5.06. The van der Waals surface area contributed by atoms with E-state index in [0.29, 0.717) is 5.92 Å². The van der Waals surface area contributed by atoms with E-state index in [4.69, 9.17) is 16.6 Å². The van der Waals surface area contributed by atoms with Gasteiger partial charge in [-0.05, 0) is 36.2 Å². The fraction of sp³-hybridized carbons (Fsp3) is 0.188. The predicted molar refractivity (Wildman–Crippen MR) is 84.0 cm³/mol. The van der Waals surface area contributed by atoms with Crippen molar-refractivity contribution in [2.45, 2.75) is 19.8 Å². The minimum absolute atomic E-state index is 0.344. The van der Waals surface area contributed by atoms with Gasteiger partial charge in [-0.3, -0.25) is 4.40 Å². The first-order valence-electron chi connectivity index (χ1n) is 6.65. The number of nitrogens with one attached hydrogen (secondary N) is 1. The van der Waals surface area contributed by atoms with Gasteiger partial charge in [0.15, 0.2) is 0 Å². The first-order chi connectivity index (χ1) is 9.65. The van der Waals surface area contributed by atoms with Crippen LogP contribution in [0.4, 0.5) is 11.5 Å². The van der Waals surface area contributed by atoms with Crippen LogP contribution in [0.1, 0.15) is 25.5 Å². The van der Waals surface area contributed by atoms with Gasteiger partial charge in [-0.25, -0.2) is 4.98 Å². The lowest BCUT2D eigenvalue weighted by Gasteiger charge is -2.10. The lowest BCUT2D eigenvalue weighted by atomic mass is 10.1. The van der Waals surface area contributed by atoms with Crippen molar-refractivity contribution in [2.24, 2.45) is 0 Å². The van der Waals surface area contributed by atoms with Gasteiger partial charge < -0.3 is 5.32 Å². The Bertz CT molecular complexity index is 746. The SMILES string of the molecule is CC(C)c1nc2ccccn2c1Nc1cccc(Cl)c1. The molecule has 0 fully saturated rings. The molecule has 0 spiro atoms. The summed E-state index contributed by atoms with van der Waals surface area (Å²) in [7, 11) is 0. The average molecular weight is 286 g/mol. The summed E-state index contributed by atoms with van der Waals surface area (Å²) < 4.78 is 2.07. The Labute approximate surface area is 123 Å². The number of benzene rings is 1. The molecule has 0 aliphatic rings. The quantitative estimate of drug-likeness (QED) is 0.745. The molecule has 0 atom stereocenters. The molecule has 0 saturated carbocycles. The summed E-state index contributed by atoms with van der Waals surface area (Å²) in [6, 6.07) is 13.7. The first kappa shape index (κ1) is 13.0. The number of imidazole rings is 1. The van der Waals surface area contributed by atoms with Gasteiger partial charge in [0.2, 0.25) is 0 Å². The third kappa shape index (κ3) is 2.37. The minimum Gasteiger partial charge on any atom is -0.340 e.